The number of aromatic nitrogens is 4. The van der Waals surface area contributed by atoms with E-state index in [0.717, 1.165) is 30.3 Å². The van der Waals surface area contributed by atoms with E-state index in [1.165, 1.54) is 6.20 Å². The van der Waals surface area contributed by atoms with E-state index < -0.39 is 5.97 Å². The molecule has 0 amide bonds. The van der Waals surface area contributed by atoms with Gasteiger partial charge < -0.3 is 20.6 Å². The minimum absolute atomic E-state index is 0. The van der Waals surface area contributed by atoms with Gasteiger partial charge in [0.2, 0.25) is 11.9 Å². The number of carbonyl (C=O) groups is 1. The van der Waals surface area contributed by atoms with Crippen molar-refractivity contribution < 1.29 is 9.90 Å². The smallest absolute Gasteiger partial charge is 0.341 e. The Morgan fingerprint density at radius 3 is 2.34 bits per heavy atom. The average molecular weight is 394 g/mol. The molecular weight excluding hydrogens is 371 g/mol. The van der Waals surface area contributed by atoms with Crippen molar-refractivity contribution in [1.29, 1.82) is 5.26 Å². The predicted octanol–water partition coefficient (Wildman–Crippen LogP) is 0.705. The average Bonchev–Trinajstić information content (AvgIpc) is 2.72. The quantitative estimate of drug-likeness (QED) is 0.714. The topological polar surface area (TPSA) is 145 Å². The van der Waals surface area contributed by atoms with Crippen molar-refractivity contribution in [2.45, 2.75) is 26.5 Å². The van der Waals surface area contributed by atoms with Crippen molar-refractivity contribution in [3.8, 4) is 5.97 Å². The molecule has 1 saturated heterocycles. The molecule has 4 heterocycles. The highest BCUT2D eigenvalue weighted by molar-refractivity contribution is 6.66. The van der Waals surface area contributed by atoms with Crippen molar-refractivity contribution in [3.63, 3.8) is 0 Å². The number of carboxylic acids is 1. The molecule has 10 nitrogen and oxygen atoms in total. The lowest BCUT2D eigenvalue weighted by Gasteiger charge is -2.35. The van der Waals surface area contributed by atoms with E-state index in [-0.39, 0.29) is 25.5 Å². The fourth-order valence-corrected chi connectivity index (χ4v) is 3.57. The molecule has 2 aromatic heterocycles. The molecule has 29 heavy (non-hydrogen) atoms. The monoisotopic (exact) mass is 394 g/mol. The maximum Gasteiger partial charge on any atom is 0.341 e. The van der Waals surface area contributed by atoms with Crippen LogP contribution in [-0.4, -0.2) is 63.9 Å². The van der Waals surface area contributed by atoms with Gasteiger partial charge in [-0.3, -0.25) is 0 Å². The summed E-state index contributed by atoms with van der Waals surface area (Å²) in [6.07, 6.45) is 5.48. The van der Waals surface area contributed by atoms with Crippen molar-refractivity contribution in [1.82, 2.24) is 19.9 Å². The van der Waals surface area contributed by atoms with Crippen LogP contribution in [0.1, 0.15) is 29.0 Å². The number of aromatic carboxylic acids is 1. The molecule has 3 N–H and O–H groups in total. The summed E-state index contributed by atoms with van der Waals surface area (Å²) in [5, 5.41) is 18.1. The number of piperazine rings is 1. The van der Waals surface area contributed by atoms with E-state index in [1.807, 2.05) is 11.1 Å². The Labute approximate surface area is 169 Å². The fraction of sp³-hybridized carbons (Fsp3) is 0.444. The first-order valence-corrected chi connectivity index (χ1v) is 9.15. The highest BCUT2D eigenvalue weighted by atomic mass is 16.4. The molecule has 0 unspecified atom stereocenters. The normalized spacial score (nSPS) is 15.9. The zero-order valence-corrected chi connectivity index (χ0v) is 15.2. The fourth-order valence-electron chi connectivity index (χ4n) is 3.57. The summed E-state index contributed by atoms with van der Waals surface area (Å²) in [4.78, 5) is 32.6. The van der Waals surface area contributed by atoms with Gasteiger partial charge in [-0.2, -0.15) is 4.98 Å². The second-order valence-corrected chi connectivity index (χ2v) is 6.96. The Bertz CT molecular complexity index is 955. The molecule has 0 atom stereocenters. The molecule has 11 heteroatoms. The lowest BCUT2D eigenvalue weighted by atomic mass is 9.43. The Hall–Kier alpha value is -3.42. The van der Waals surface area contributed by atoms with Crippen LogP contribution in [0.3, 0.4) is 0 Å². The van der Waals surface area contributed by atoms with Crippen molar-refractivity contribution in [3.05, 3.63) is 29.2 Å². The van der Waals surface area contributed by atoms with E-state index in [0.29, 0.717) is 38.1 Å². The zero-order chi connectivity index (χ0) is 19.7. The van der Waals surface area contributed by atoms with Gasteiger partial charge in [0.1, 0.15) is 11.4 Å². The minimum atomic E-state index is -1.14. The molecule has 1 fully saturated rings. The Morgan fingerprint density at radius 2 is 1.76 bits per heavy atom. The molecule has 150 valence electrons. The summed E-state index contributed by atoms with van der Waals surface area (Å²) in [5.74, 6) is 2.29. The number of nitrogens with two attached hydrogens (primary N) is 1. The van der Waals surface area contributed by atoms with Crippen LogP contribution in [0.15, 0.2) is 12.4 Å². The van der Waals surface area contributed by atoms with E-state index >= 15 is 0 Å². The summed E-state index contributed by atoms with van der Waals surface area (Å²) in [6.45, 7) is 2.77. The molecule has 2 aliphatic heterocycles. The number of fused-ring (bicyclic) bond motifs is 1. The molecule has 2 aliphatic rings. The lowest BCUT2D eigenvalue weighted by molar-refractivity contribution is 0.0697. The number of nitriles is 1. The Balaban J connectivity index is 0.00000240. The summed E-state index contributed by atoms with van der Waals surface area (Å²) in [7, 11) is 0. The van der Waals surface area contributed by atoms with Crippen molar-refractivity contribution >= 4 is 30.4 Å². The van der Waals surface area contributed by atoms with Crippen LogP contribution in [0.25, 0.3) is 0 Å². The van der Waals surface area contributed by atoms with Gasteiger partial charge >= 0.3 is 5.97 Å². The number of nitrogens with zero attached hydrogens (tertiary/aromatic N) is 7. The summed E-state index contributed by atoms with van der Waals surface area (Å²) in [5.41, 5.74) is 7.74. The van der Waals surface area contributed by atoms with Crippen LogP contribution in [-0.2, 0) is 12.7 Å². The number of hydrogen-bond donors (Lipinski definition) is 2. The number of rotatable bonds is 3. The molecule has 0 radical (unpaired) electrons. The van der Waals surface area contributed by atoms with Gasteiger partial charge in [-0.25, -0.2) is 25.0 Å². The third-order valence-electron chi connectivity index (χ3n) is 5.20. The molecule has 0 aromatic carbocycles. The van der Waals surface area contributed by atoms with Gasteiger partial charge in [0.05, 0.1) is 0 Å². The standard InChI is InChI=1S/C17H19BN8O2.CH4/c19-10-18-2-1-13-11(7-18)8-21-16(23-13)25-3-5-26(6-4-25)17-22-9-12(15(27)28)14(20)24-17;/h8-9H,1-7H2,(H,27,28)(H2,20,22,24);1H4. The molecule has 0 spiro atoms. The van der Waals surface area contributed by atoms with E-state index in [2.05, 4.69) is 25.8 Å². The summed E-state index contributed by atoms with van der Waals surface area (Å²) in [6, 6.07) is 0. The highest BCUT2D eigenvalue weighted by Crippen LogP contribution is 2.22. The Morgan fingerprint density at radius 1 is 1.14 bits per heavy atom. The lowest BCUT2D eigenvalue weighted by Crippen LogP contribution is -2.48. The molecule has 0 aliphatic carbocycles. The molecule has 4 rings (SSSR count). The largest absolute Gasteiger partial charge is 0.477 e. The summed E-state index contributed by atoms with van der Waals surface area (Å²) >= 11 is 0. The number of carboxylic acid groups (broad SMARTS) is 1. The molecule has 2 aromatic rings. The summed E-state index contributed by atoms with van der Waals surface area (Å²) < 4.78 is 0. The third-order valence-corrected chi connectivity index (χ3v) is 5.20. The van der Waals surface area contributed by atoms with E-state index in [9.17, 15) is 4.79 Å². The number of anilines is 3. The Kier molecular flexibility index (Phi) is 5.82. The van der Waals surface area contributed by atoms with E-state index in [1.54, 1.807) is 0 Å². The van der Waals surface area contributed by atoms with Crippen molar-refractivity contribution in [2.24, 2.45) is 0 Å². The van der Waals surface area contributed by atoms with E-state index in [4.69, 9.17) is 21.1 Å². The van der Waals surface area contributed by atoms with Crippen LogP contribution in [0.2, 0.25) is 6.32 Å². The third kappa shape index (κ3) is 4.06. The van der Waals surface area contributed by atoms with Gasteiger partial charge in [-0.05, 0) is 18.3 Å². The maximum atomic E-state index is 11.0. The first kappa shape index (κ1) is 20.3. The minimum Gasteiger partial charge on any atom is -0.477 e. The highest BCUT2D eigenvalue weighted by Gasteiger charge is 2.26. The van der Waals surface area contributed by atoms with Gasteiger partial charge in [0, 0.05) is 50.2 Å². The van der Waals surface area contributed by atoms with Gasteiger partial charge in [0.25, 0.3) is 6.71 Å². The van der Waals surface area contributed by atoms with Crippen LogP contribution in [0, 0.1) is 11.2 Å². The second kappa shape index (κ2) is 8.30. The number of hydrogen-bond acceptors (Lipinski definition) is 9. The van der Waals surface area contributed by atoms with Gasteiger partial charge in [-0.15, -0.1) is 0 Å². The maximum absolute atomic E-state index is 11.0. The zero-order valence-electron chi connectivity index (χ0n) is 15.2. The number of nitrogen functional groups attached to an aromatic ring is 1. The molecule has 0 bridgehead atoms. The van der Waals surface area contributed by atoms with Crippen LogP contribution < -0.4 is 15.5 Å². The van der Waals surface area contributed by atoms with Crippen LogP contribution >= 0.6 is 0 Å². The predicted molar refractivity (Wildman–Crippen MR) is 110 cm³/mol. The van der Waals surface area contributed by atoms with Crippen molar-refractivity contribution in [2.75, 3.05) is 41.7 Å². The second-order valence-electron chi connectivity index (χ2n) is 6.96. The van der Waals surface area contributed by atoms with Crippen LogP contribution in [0.4, 0.5) is 17.7 Å². The van der Waals surface area contributed by atoms with Gasteiger partial charge in [-0.1, -0.05) is 13.7 Å². The molecule has 0 saturated carbocycles. The van der Waals surface area contributed by atoms with Crippen LogP contribution in [0.5, 0.6) is 0 Å². The van der Waals surface area contributed by atoms with Gasteiger partial charge in [0.15, 0.2) is 0 Å². The molecular formula is C18H23BN8O2. The SMILES string of the molecule is C.N#CB1CCc2nc(N3CCN(c4ncc(C(=O)O)c(N)n4)CC3)ncc2C1. The first-order chi connectivity index (χ1) is 13.5. The first-order valence-electron chi connectivity index (χ1n) is 9.15. The number of aryl methyl sites for hydroxylation is 1.